The van der Waals surface area contributed by atoms with E-state index in [1.165, 1.54) is 25.4 Å². The van der Waals surface area contributed by atoms with Crippen molar-refractivity contribution in [3.63, 3.8) is 0 Å². The van der Waals surface area contributed by atoms with Crippen LogP contribution in [0.25, 0.3) is 11.0 Å². The maximum atomic E-state index is 13.7. The summed E-state index contributed by atoms with van der Waals surface area (Å²) in [6.07, 6.45) is -2.86. The van der Waals surface area contributed by atoms with E-state index in [0.717, 1.165) is 12.1 Å². The Morgan fingerprint density at radius 2 is 2.00 bits per heavy atom. The van der Waals surface area contributed by atoms with Gasteiger partial charge in [0.15, 0.2) is 6.04 Å². The van der Waals surface area contributed by atoms with Crippen LogP contribution in [0, 0.1) is 12.7 Å². The molecule has 170 valence electrons. The fourth-order valence-corrected chi connectivity index (χ4v) is 3.47. The summed E-state index contributed by atoms with van der Waals surface area (Å²) >= 11 is 0. The lowest BCUT2D eigenvalue weighted by Gasteiger charge is -2.43. The smallest absolute Gasteiger partial charge is 0.416 e. The molecule has 2 aromatic heterocycles. The Labute approximate surface area is 179 Å². The van der Waals surface area contributed by atoms with E-state index in [1.54, 1.807) is 11.8 Å². The minimum atomic E-state index is -4.87. The van der Waals surface area contributed by atoms with Gasteiger partial charge in [0.25, 0.3) is 0 Å². The standard InChI is InChI=1S/C20H19F4N5O3/c1-9-13-5-11(21)3-4-15(13)32-16(9)17(20(22,23)24)28-19(31)27-12-6-25-18(26-7-12)29-8-14(30)10(29)2/h3-7,10,14,17,30H,8H2,1-2H3,(H2,27,28,31)/t10-,14+,17+/m0/s1. The Balaban J connectivity index is 1.50. The number of amides is 2. The van der Waals surface area contributed by atoms with E-state index in [0.29, 0.717) is 12.5 Å². The van der Waals surface area contributed by atoms with Crippen molar-refractivity contribution < 1.29 is 31.9 Å². The summed E-state index contributed by atoms with van der Waals surface area (Å²) in [6, 6.07) is -0.398. The monoisotopic (exact) mass is 453 g/mol. The van der Waals surface area contributed by atoms with Crippen LogP contribution in [0.3, 0.4) is 0 Å². The number of halogens is 4. The number of β-amino-alcohol motifs (C(OH)–C–C–N with tert-alkyl or cyclic N) is 1. The highest BCUT2D eigenvalue weighted by atomic mass is 19.4. The number of carbonyl (C=O) groups excluding carboxylic acids is 1. The number of rotatable bonds is 4. The molecule has 0 saturated carbocycles. The average molecular weight is 453 g/mol. The first-order valence-corrected chi connectivity index (χ1v) is 9.64. The van der Waals surface area contributed by atoms with Crippen LogP contribution in [0.1, 0.15) is 24.3 Å². The molecule has 0 unspecified atom stereocenters. The van der Waals surface area contributed by atoms with Gasteiger partial charge < -0.3 is 25.1 Å². The van der Waals surface area contributed by atoms with Gasteiger partial charge in [-0.3, -0.25) is 0 Å². The van der Waals surface area contributed by atoms with Gasteiger partial charge in [-0.2, -0.15) is 13.2 Å². The SMILES string of the molecule is Cc1c([C@@H](NC(=O)Nc2cnc(N3C[C@@H](O)[C@@H]3C)nc2)C(F)(F)F)oc2ccc(F)cc12. The third-order valence-corrected chi connectivity index (χ3v) is 5.39. The Hall–Kier alpha value is -3.41. The molecule has 0 aliphatic carbocycles. The average Bonchev–Trinajstić information content (AvgIpc) is 3.05. The third kappa shape index (κ3) is 4.05. The van der Waals surface area contributed by atoms with E-state index in [-0.39, 0.29) is 28.3 Å². The molecule has 8 nitrogen and oxygen atoms in total. The summed E-state index contributed by atoms with van der Waals surface area (Å²) in [4.78, 5) is 22.1. The topological polar surface area (TPSA) is 104 Å². The molecule has 32 heavy (non-hydrogen) atoms. The molecule has 1 fully saturated rings. The highest BCUT2D eigenvalue weighted by Crippen LogP contribution is 2.38. The predicted molar refractivity (Wildman–Crippen MR) is 107 cm³/mol. The second-order valence-electron chi connectivity index (χ2n) is 7.54. The van der Waals surface area contributed by atoms with Crippen molar-refractivity contribution in [2.24, 2.45) is 0 Å². The summed E-state index contributed by atoms with van der Waals surface area (Å²) in [5.41, 5.74) is 0.217. The molecule has 4 rings (SSSR count). The highest BCUT2D eigenvalue weighted by Gasteiger charge is 2.45. The molecule has 1 aliphatic rings. The largest absolute Gasteiger partial charge is 0.458 e. The number of nitrogens with zero attached hydrogens (tertiary/aromatic N) is 3. The number of nitrogens with one attached hydrogen (secondary N) is 2. The lowest BCUT2D eigenvalue weighted by Crippen LogP contribution is -2.59. The van der Waals surface area contributed by atoms with Crippen molar-refractivity contribution in [1.82, 2.24) is 15.3 Å². The van der Waals surface area contributed by atoms with Gasteiger partial charge in [-0.25, -0.2) is 19.2 Å². The van der Waals surface area contributed by atoms with Gasteiger partial charge in [0.1, 0.15) is 17.2 Å². The zero-order chi connectivity index (χ0) is 23.2. The van der Waals surface area contributed by atoms with Gasteiger partial charge in [0.2, 0.25) is 5.95 Å². The quantitative estimate of drug-likeness (QED) is 0.521. The molecule has 2 amide bonds. The summed E-state index contributed by atoms with van der Waals surface area (Å²) in [5, 5.41) is 13.9. The van der Waals surface area contributed by atoms with Crippen LogP contribution >= 0.6 is 0 Å². The number of aromatic nitrogens is 2. The van der Waals surface area contributed by atoms with Crippen molar-refractivity contribution in [3.05, 3.63) is 47.7 Å². The lowest BCUT2D eigenvalue weighted by atomic mass is 10.0. The number of hydrogen-bond donors (Lipinski definition) is 3. The number of aliphatic hydroxyl groups excluding tert-OH is 1. The lowest BCUT2D eigenvalue weighted by molar-refractivity contribution is -0.158. The van der Waals surface area contributed by atoms with E-state index in [2.05, 4.69) is 15.3 Å². The van der Waals surface area contributed by atoms with Gasteiger partial charge in [-0.05, 0) is 32.0 Å². The van der Waals surface area contributed by atoms with E-state index in [1.807, 2.05) is 5.32 Å². The Kier molecular flexibility index (Phi) is 5.41. The molecule has 0 bridgehead atoms. The molecule has 3 aromatic rings. The van der Waals surface area contributed by atoms with Gasteiger partial charge in [0, 0.05) is 17.5 Å². The fourth-order valence-electron chi connectivity index (χ4n) is 3.47. The van der Waals surface area contributed by atoms with Gasteiger partial charge in [0.05, 0.1) is 30.2 Å². The van der Waals surface area contributed by atoms with E-state index in [9.17, 15) is 27.5 Å². The van der Waals surface area contributed by atoms with Gasteiger partial charge in [-0.1, -0.05) is 0 Å². The van der Waals surface area contributed by atoms with Crippen LogP contribution in [0.15, 0.2) is 35.0 Å². The van der Waals surface area contributed by atoms with Gasteiger partial charge >= 0.3 is 12.2 Å². The number of anilines is 2. The van der Waals surface area contributed by atoms with Crippen LogP contribution in [0.4, 0.5) is 34.0 Å². The van der Waals surface area contributed by atoms with Crippen molar-refractivity contribution in [1.29, 1.82) is 0 Å². The van der Waals surface area contributed by atoms with Crippen LogP contribution in [-0.2, 0) is 0 Å². The molecule has 1 aliphatic heterocycles. The van der Waals surface area contributed by atoms with Crippen molar-refractivity contribution in [2.45, 2.75) is 38.2 Å². The zero-order valence-electron chi connectivity index (χ0n) is 16.9. The van der Waals surface area contributed by atoms with E-state index < -0.39 is 35.9 Å². The molecule has 3 atom stereocenters. The molecule has 0 spiro atoms. The zero-order valence-corrected chi connectivity index (χ0v) is 16.9. The summed E-state index contributed by atoms with van der Waals surface area (Å²) < 4.78 is 59.9. The maximum absolute atomic E-state index is 13.7. The number of aryl methyl sites for hydroxylation is 1. The number of aliphatic hydroxyl groups is 1. The Morgan fingerprint density at radius 1 is 1.31 bits per heavy atom. The predicted octanol–water partition coefficient (Wildman–Crippen LogP) is 3.66. The van der Waals surface area contributed by atoms with Crippen LogP contribution in [0.2, 0.25) is 0 Å². The number of hydrogen-bond acceptors (Lipinski definition) is 6. The van der Waals surface area contributed by atoms with E-state index in [4.69, 9.17) is 4.42 Å². The van der Waals surface area contributed by atoms with Crippen LogP contribution in [0.5, 0.6) is 0 Å². The number of furan rings is 1. The molecular weight excluding hydrogens is 434 g/mol. The number of benzene rings is 1. The van der Waals surface area contributed by atoms with Crippen molar-refractivity contribution in [3.8, 4) is 0 Å². The second-order valence-corrected chi connectivity index (χ2v) is 7.54. The van der Waals surface area contributed by atoms with Crippen LogP contribution < -0.4 is 15.5 Å². The molecule has 12 heteroatoms. The summed E-state index contributed by atoms with van der Waals surface area (Å²) in [6.45, 7) is 3.52. The second kappa shape index (κ2) is 7.93. The van der Waals surface area contributed by atoms with Gasteiger partial charge in [-0.15, -0.1) is 0 Å². The molecular formula is C20H19F4N5O3. The normalized spacial score (nSPS) is 19.5. The first-order chi connectivity index (χ1) is 15.0. The first-order valence-electron chi connectivity index (χ1n) is 9.64. The summed E-state index contributed by atoms with van der Waals surface area (Å²) in [5.74, 6) is -0.829. The minimum absolute atomic E-state index is 0.0701. The number of urea groups is 1. The Morgan fingerprint density at radius 3 is 2.59 bits per heavy atom. The molecule has 0 radical (unpaired) electrons. The fraction of sp³-hybridized carbons (Fsp3) is 0.350. The van der Waals surface area contributed by atoms with Crippen molar-refractivity contribution >= 4 is 28.6 Å². The number of alkyl halides is 3. The highest BCUT2D eigenvalue weighted by molar-refractivity contribution is 5.89. The molecule has 3 N–H and O–H groups in total. The minimum Gasteiger partial charge on any atom is -0.458 e. The van der Waals surface area contributed by atoms with E-state index >= 15 is 0 Å². The Bertz CT molecular complexity index is 1150. The number of fused-ring (bicyclic) bond motifs is 1. The first kappa shape index (κ1) is 21.8. The molecule has 1 saturated heterocycles. The molecule has 3 heterocycles. The maximum Gasteiger partial charge on any atom is 0.416 e. The number of carbonyl (C=O) groups is 1. The van der Waals surface area contributed by atoms with Crippen LogP contribution in [-0.4, -0.2) is 46.0 Å². The third-order valence-electron chi connectivity index (χ3n) is 5.39. The molecule has 1 aromatic carbocycles. The summed E-state index contributed by atoms with van der Waals surface area (Å²) in [7, 11) is 0. The van der Waals surface area contributed by atoms with Crippen molar-refractivity contribution in [2.75, 3.05) is 16.8 Å².